The molecule has 2 aromatic rings. The molecule has 0 saturated carbocycles. The summed E-state index contributed by atoms with van der Waals surface area (Å²) in [7, 11) is 0. The zero-order valence-electron chi connectivity index (χ0n) is 18.0. The summed E-state index contributed by atoms with van der Waals surface area (Å²) in [5, 5.41) is 9.04. The molecule has 2 bridgehead atoms. The van der Waals surface area contributed by atoms with Crippen LogP contribution in [0.3, 0.4) is 0 Å². The van der Waals surface area contributed by atoms with Crippen molar-refractivity contribution in [2.45, 2.75) is 76.9 Å². The lowest BCUT2D eigenvalue weighted by atomic mass is 10.0. The lowest BCUT2D eigenvalue weighted by molar-refractivity contribution is -0.0528. The van der Waals surface area contributed by atoms with E-state index in [1.165, 1.54) is 18.5 Å². The highest BCUT2D eigenvalue weighted by Gasteiger charge is 2.47. The number of alkyl halides is 2. The molecule has 2 aliphatic rings. The number of rotatable bonds is 6. The van der Waals surface area contributed by atoms with Crippen LogP contribution in [0.4, 0.5) is 25.2 Å². The summed E-state index contributed by atoms with van der Waals surface area (Å²) in [4.78, 5) is 23.0. The molecule has 2 saturated heterocycles. The second-order valence-electron chi connectivity index (χ2n) is 8.78. The number of hydrogen-bond donors (Lipinski definition) is 2. The number of amides is 1. The van der Waals surface area contributed by atoms with Gasteiger partial charge in [0.2, 0.25) is 11.8 Å². The SMILES string of the molecule is CC(C)(C)OC(=O)N1[C@H]2CC[C@@H](Oc3cncc(Nc4cc(OC(F)F)[nH]n4)n3)[C@@H]1CC2. The molecule has 0 unspecified atom stereocenters. The second kappa shape index (κ2) is 8.75. The average molecular weight is 452 g/mol. The number of anilines is 2. The van der Waals surface area contributed by atoms with Crippen LogP contribution in [-0.2, 0) is 4.74 Å². The van der Waals surface area contributed by atoms with Gasteiger partial charge in [0.05, 0.1) is 18.4 Å². The monoisotopic (exact) mass is 452 g/mol. The van der Waals surface area contributed by atoms with Crippen molar-refractivity contribution in [1.82, 2.24) is 25.1 Å². The maximum absolute atomic E-state index is 12.7. The van der Waals surface area contributed by atoms with Crippen LogP contribution in [0.25, 0.3) is 0 Å². The third-order valence-electron chi connectivity index (χ3n) is 5.28. The Kier molecular flexibility index (Phi) is 6.02. The van der Waals surface area contributed by atoms with Crippen LogP contribution >= 0.6 is 0 Å². The van der Waals surface area contributed by atoms with Crippen LogP contribution < -0.4 is 14.8 Å². The summed E-state index contributed by atoms with van der Waals surface area (Å²) < 4.78 is 40.5. The smallest absolute Gasteiger partial charge is 0.410 e. The van der Waals surface area contributed by atoms with Crippen molar-refractivity contribution in [2.24, 2.45) is 0 Å². The number of carbonyl (C=O) groups excluding carboxylic acids is 1. The zero-order valence-corrected chi connectivity index (χ0v) is 18.0. The normalized spacial score (nSPS) is 22.7. The van der Waals surface area contributed by atoms with E-state index in [1.54, 1.807) is 0 Å². The lowest BCUT2D eigenvalue weighted by Gasteiger charge is -2.40. The first kappa shape index (κ1) is 22.0. The first-order chi connectivity index (χ1) is 15.2. The minimum Gasteiger partial charge on any atom is -0.471 e. The molecule has 0 spiro atoms. The number of nitrogens with one attached hydrogen (secondary N) is 2. The third-order valence-corrected chi connectivity index (χ3v) is 5.28. The number of nitrogens with zero attached hydrogens (tertiary/aromatic N) is 4. The van der Waals surface area contributed by atoms with E-state index in [4.69, 9.17) is 9.47 Å². The van der Waals surface area contributed by atoms with Gasteiger partial charge in [-0.25, -0.2) is 9.89 Å². The van der Waals surface area contributed by atoms with Crippen molar-refractivity contribution >= 4 is 17.7 Å². The largest absolute Gasteiger partial charge is 0.471 e. The van der Waals surface area contributed by atoms with E-state index >= 15 is 0 Å². The molecule has 4 heterocycles. The maximum atomic E-state index is 12.7. The van der Waals surface area contributed by atoms with Gasteiger partial charge in [0, 0.05) is 12.1 Å². The quantitative estimate of drug-likeness (QED) is 0.679. The first-order valence-electron chi connectivity index (χ1n) is 10.5. The van der Waals surface area contributed by atoms with E-state index in [1.807, 2.05) is 25.7 Å². The molecule has 1 amide bonds. The Labute approximate surface area is 183 Å². The molecule has 12 heteroatoms. The molecule has 2 aromatic heterocycles. The molecule has 2 fully saturated rings. The van der Waals surface area contributed by atoms with Gasteiger partial charge in [-0.3, -0.25) is 9.88 Å². The maximum Gasteiger partial charge on any atom is 0.410 e. The van der Waals surface area contributed by atoms with E-state index in [0.717, 1.165) is 25.7 Å². The van der Waals surface area contributed by atoms with Crippen molar-refractivity contribution in [3.63, 3.8) is 0 Å². The summed E-state index contributed by atoms with van der Waals surface area (Å²) in [5.41, 5.74) is -0.567. The molecular formula is C20H26F2N6O4. The Bertz CT molecular complexity index is 950. The lowest BCUT2D eigenvalue weighted by Crippen LogP contribution is -2.53. The number of H-pyrrole nitrogens is 1. The zero-order chi connectivity index (χ0) is 22.9. The van der Waals surface area contributed by atoms with Crippen molar-refractivity contribution in [2.75, 3.05) is 5.32 Å². The van der Waals surface area contributed by atoms with E-state index in [-0.39, 0.29) is 41.9 Å². The molecule has 2 aliphatic heterocycles. The van der Waals surface area contributed by atoms with Crippen molar-refractivity contribution in [1.29, 1.82) is 0 Å². The number of aromatic nitrogens is 4. The molecule has 0 radical (unpaired) electrons. The molecule has 0 aromatic carbocycles. The number of halogens is 2. The van der Waals surface area contributed by atoms with E-state index in [0.29, 0.717) is 5.82 Å². The summed E-state index contributed by atoms with van der Waals surface area (Å²) in [6.07, 6.45) is 5.75. The van der Waals surface area contributed by atoms with Gasteiger partial charge in [0.15, 0.2) is 11.6 Å². The van der Waals surface area contributed by atoms with Crippen LogP contribution in [-0.4, -0.2) is 61.6 Å². The van der Waals surface area contributed by atoms with Crippen molar-refractivity contribution in [3.05, 3.63) is 18.5 Å². The van der Waals surface area contributed by atoms with Crippen LogP contribution in [0.1, 0.15) is 46.5 Å². The van der Waals surface area contributed by atoms with Crippen molar-refractivity contribution < 1.29 is 27.8 Å². The molecule has 10 nitrogen and oxygen atoms in total. The van der Waals surface area contributed by atoms with Crippen LogP contribution in [0, 0.1) is 0 Å². The Balaban J connectivity index is 1.42. The molecule has 0 aliphatic carbocycles. The standard InChI is InChI=1S/C20H26F2N6O4/c1-20(2,3)32-19(29)28-11-4-6-12(28)13(7-5-11)30-17-10-23-9-15(25-17)24-14-8-16(27-26-14)31-18(21)22/h8-13,18H,4-7H2,1-3H3,(H2,24,25,26,27)/t11-,12+,13-/m1/s1. The van der Waals surface area contributed by atoms with Gasteiger partial charge in [-0.05, 0) is 46.5 Å². The topological polar surface area (TPSA) is 114 Å². The number of aromatic amines is 1. The van der Waals surface area contributed by atoms with Crippen LogP contribution in [0.15, 0.2) is 18.5 Å². The molecular weight excluding hydrogens is 426 g/mol. The van der Waals surface area contributed by atoms with E-state index in [2.05, 4.69) is 30.2 Å². The summed E-state index contributed by atoms with van der Waals surface area (Å²) >= 11 is 0. The van der Waals surface area contributed by atoms with Gasteiger partial charge >= 0.3 is 12.7 Å². The van der Waals surface area contributed by atoms with Gasteiger partial charge < -0.3 is 19.5 Å². The van der Waals surface area contributed by atoms with Gasteiger partial charge in [-0.1, -0.05) is 0 Å². The average Bonchev–Trinajstić information content (AvgIpc) is 3.25. The predicted octanol–water partition coefficient (Wildman–Crippen LogP) is 3.85. The minimum atomic E-state index is -2.95. The van der Waals surface area contributed by atoms with E-state index in [9.17, 15) is 13.6 Å². The number of carbonyl (C=O) groups is 1. The predicted molar refractivity (Wildman–Crippen MR) is 109 cm³/mol. The number of ether oxygens (including phenoxy) is 3. The summed E-state index contributed by atoms with van der Waals surface area (Å²) in [6, 6.07) is 1.35. The molecule has 4 rings (SSSR count). The minimum absolute atomic E-state index is 0.0950. The summed E-state index contributed by atoms with van der Waals surface area (Å²) in [5.74, 6) is 0.665. The molecule has 2 N–H and O–H groups in total. The molecule has 3 atom stereocenters. The number of piperidine rings is 1. The van der Waals surface area contributed by atoms with Gasteiger partial charge in [0.25, 0.3) is 0 Å². The highest BCUT2D eigenvalue weighted by molar-refractivity contribution is 5.69. The number of fused-ring (bicyclic) bond motifs is 2. The highest BCUT2D eigenvalue weighted by atomic mass is 19.3. The third kappa shape index (κ3) is 5.17. The first-order valence-corrected chi connectivity index (χ1v) is 10.5. The van der Waals surface area contributed by atoms with Gasteiger partial charge in [-0.15, -0.1) is 0 Å². The molecule has 32 heavy (non-hydrogen) atoms. The Hall–Kier alpha value is -3.18. The van der Waals surface area contributed by atoms with Crippen molar-refractivity contribution in [3.8, 4) is 11.8 Å². The van der Waals surface area contributed by atoms with Crippen LogP contribution in [0.2, 0.25) is 0 Å². The fourth-order valence-corrected chi connectivity index (χ4v) is 4.12. The van der Waals surface area contributed by atoms with Gasteiger partial charge in [-0.2, -0.15) is 18.9 Å². The molecule has 174 valence electrons. The Morgan fingerprint density at radius 2 is 2.00 bits per heavy atom. The number of hydrogen-bond acceptors (Lipinski definition) is 8. The van der Waals surface area contributed by atoms with Crippen LogP contribution in [0.5, 0.6) is 11.8 Å². The Morgan fingerprint density at radius 1 is 1.22 bits per heavy atom. The summed E-state index contributed by atoms with van der Waals surface area (Å²) in [6.45, 7) is 2.59. The Morgan fingerprint density at radius 3 is 2.75 bits per heavy atom. The van der Waals surface area contributed by atoms with Gasteiger partial charge in [0.1, 0.15) is 11.7 Å². The highest BCUT2D eigenvalue weighted by Crippen LogP contribution is 2.38. The second-order valence-corrected chi connectivity index (χ2v) is 8.78. The fourth-order valence-electron chi connectivity index (χ4n) is 4.12. The fraction of sp³-hybridized carbons (Fsp3) is 0.600. The van der Waals surface area contributed by atoms with E-state index < -0.39 is 12.2 Å².